The minimum absolute atomic E-state index is 0.112. The molecule has 142 valence electrons. The van der Waals surface area contributed by atoms with E-state index < -0.39 is 11.8 Å². The van der Waals surface area contributed by atoms with Gasteiger partial charge in [-0.3, -0.25) is 0 Å². The number of nitrogens with one attached hydrogen (secondary N) is 1. The Bertz CT molecular complexity index is 1050. The quantitative estimate of drug-likeness (QED) is 0.442. The van der Waals surface area contributed by atoms with Crippen molar-refractivity contribution in [1.29, 1.82) is 0 Å². The number of carbonyl (C=O) groups is 1. The van der Waals surface area contributed by atoms with Crippen LogP contribution in [0.2, 0.25) is 10.0 Å². The first-order chi connectivity index (χ1) is 13.4. The van der Waals surface area contributed by atoms with E-state index in [1.165, 1.54) is 12.1 Å². The fourth-order valence-corrected chi connectivity index (χ4v) is 2.96. The standard InChI is InChI=1S/C21H14Cl2FNO3/c1-12(28-20-15(22)6-4-7-16(20)23)14-5-2-3-8-18(14)25-19-10-9-13(21(26)27)11-17(19)24/h2-11,25H,1H2,(H,26,27). The van der Waals surface area contributed by atoms with Gasteiger partial charge in [0.1, 0.15) is 11.6 Å². The van der Waals surface area contributed by atoms with Crippen molar-refractivity contribution in [3.8, 4) is 5.75 Å². The van der Waals surface area contributed by atoms with Gasteiger partial charge in [-0.05, 0) is 42.5 Å². The predicted octanol–water partition coefficient (Wildman–Crippen LogP) is 6.62. The van der Waals surface area contributed by atoms with Crippen LogP contribution in [0.1, 0.15) is 15.9 Å². The summed E-state index contributed by atoms with van der Waals surface area (Å²) in [5, 5.41) is 12.5. The molecule has 4 nitrogen and oxygen atoms in total. The van der Waals surface area contributed by atoms with Crippen LogP contribution in [0, 0.1) is 5.82 Å². The molecule has 0 unspecified atom stereocenters. The Balaban J connectivity index is 1.89. The second-order valence-electron chi connectivity index (χ2n) is 5.75. The van der Waals surface area contributed by atoms with E-state index in [9.17, 15) is 9.18 Å². The first-order valence-corrected chi connectivity index (χ1v) is 8.82. The summed E-state index contributed by atoms with van der Waals surface area (Å²) >= 11 is 12.3. The van der Waals surface area contributed by atoms with Crippen LogP contribution in [0.3, 0.4) is 0 Å². The van der Waals surface area contributed by atoms with E-state index >= 15 is 0 Å². The summed E-state index contributed by atoms with van der Waals surface area (Å²) in [4.78, 5) is 11.0. The summed E-state index contributed by atoms with van der Waals surface area (Å²) in [5.41, 5.74) is 1.04. The maximum atomic E-state index is 14.3. The van der Waals surface area contributed by atoms with Gasteiger partial charge in [0.2, 0.25) is 0 Å². The number of carboxylic acids is 1. The molecule has 0 bridgehead atoms. The van der Waals surface area contributed by atoms with Crippen LogP contribution in [0.15, 0.2) is 67.2 Å². The van der Waals surface area contributed by atoms with Gasteiger partial charge in [0.05, 0.1) is 21.3 Å². The predicted molar refractivity (Wildman–Crippen MR) is 109 cm³/mol. The lowest BCUT2D eigenvalue weighted by atomic mass is 10.1. The highest BCUT2D eigenvalue weighted by atomic mass is 35.5. The zero-order valence-electron chi connectivity index (χ0n) is 14.4. The van der Waals surface area contributed by atoms with Crippen molar-refractivity contribution in [2.75, 3.05) is 5.32 Å². The molecule has 0 aromatic heterocycles. The van der Waals surface area contributed by atoms with Crippen LogP contribution in [-0.4, -0.2) is 11.1 Å². The van der Waals surface area contributed by atoms with E-state index in [0.717, 1.165) is 6.07 Å². The van der Waals surface area contributed by atoms with Crippen LogP contribution in [-0.2, 0) is 0 Å². The largest absolute Gasteiger partial charge is 0.478 e. The van der Waals surface area contributed by atoms with Gasteiger partial charge in [0.25, 0.3) is 0 Å². The molecule has 0 fully saturated rings. The molecule has 3 rings (SSSR count). The van der Waals surface area contributed by atoms with Crippen LogP contribution >= 0.6 is 23.2 Å². The van der Waals surface area contributed by atoms with Crippen LogP contribution in [0.4, 0.5) is 15.8 Å². The third-order valence-corrected chi connectivity index (χ3v) is 4.45. The Morgan fingerprint density at radius 1 is 1.00 bits per heavy atom. The molecular formula is C21H14Cl2FNO3. The van der Waals surface area contributed by atoms with Gasteiger partial charge in [-0.1, -0.05) is 48.0 Å². The summed E-state index contributed by atoms with van der Waals surface area (Å²) in [6.45, 7) is 3.91. The number of rotatable bonds is 6. The lowest BCUT2D eigenvalue weighted by Crippen LogP contribution is -2.03. The Labute approximate surface area is 170 Å². The summed E-state index contributed by atoms with van der Waals surface area (Å²) < 4.78 is 20.0. The fourth-order valence-electron chi connectivity index (χ4n) is 2.49. The monoisotopic (exact) mass is 417 g/mol. The van der Waals surface area contributed by atoms with Gasteiger partial charge in [0.15, 0.2) is 5.75 Å². The Morgan fingerprint density at radius 3 is 2.32 bits per heavy atom. The van der Waals surface area contributed by atoms with Crippen molar-refractivity contribution in [3.05, 3.63) is 94.2 Å². The number of anilines is 2. The molecular weight excluding hydrogens is 404 g/mol. The number of para-hydroxylation sites is 2. The lowest BCUT2D eigenvalue weighted by Gasteiger charge is -2.16. The molecule has 0 aliphatic rings. The normalized spacial score (nSPS) is 10.4. The summed E-state index contributed by atoms with van der Waals surface area (Å²) in [6.07, 6.45) is 0. The van der Waals surface area contributed by atoms with Gasteiger partial charge in [0, 0.05) is 11.3 Å². The molecule has 0 radical (unpaired) electrons. The minimum atomic E-state index is -1.20. The second kappa shape index (κ2) is 8.33. The van der Waals surface area contributed by atoms with Crippen molar-refractivity contribution >= 4 is 46.3 Å². The molecule has 0 saturated heterocycles. The van der Waals surface area contributed by atoms with Crippen LogP contribution in [0.5, 0.6) is 5.75 Å². The highest BCUT2D eigenvalue weighted by Gasteiger charge is 2.14. The highest BCUT2D eigenvalue weighted by molar-refractivity contribution is 6.37. The Morgan fingerprint density at radius 2 is 1.68 bits per heavy atom. The summed E-state index contributed by atoms with van der Waals surface area (Å²) in [7, 11) is 0. The van der Waals surface area contributed by atoms with E-state index in [2.05, 4.69) is 11.9 Å². The maximum absolute atomic E-state index is 14.3. The summed E-state index contributed by atoms with van der Waals surface area (Å²) in [6, 6.07) is 15.6. The molecule has 0 aliphatic carbocycles. The van der Waals surface area contributed by atoms with E-state index in [4.69, 9.17) is 33.0 Å². The number of carboxylic acid groups (broad SMARTS) is 1. The van der Waals surface area contributed by atoms with E-state index in [1.807, 2.05) is 0 Å². The van der Waals surface area contributed by atoms with Crippen molar-refractivity contribution < 1.29 is 19.0 Å². The third-order valence-electron chi connectivity index (χ3n) is 3.86. The zero-order valence-corrected chi connectivity index (χ0v) is 15.9. The van der Waals surface area contributed by atoms with E-state index in [1.54, 1.807) is 42.5 Å². The first-order valence-electron chi connectivity index (χ1n) is 8.07. The molecule has 7 heteroatoms. The average molecular weight is 418 g/mol. The fraction of sp³-hybridized carbons (Fsp3) is 0. The molecule has 0 spiro atoms. The molecule has 0 atom stereocenters. The lowest BCUT2D eigenvalue weighted by molar-refractivity contribution is 0.0696. The molecule has 0 amide bonds. The molecule has 0 saturated carbocycles. The number of hydrogen-bond donors (Lipinski definition) is 2. The molecule has 0 heterocycles. The number of aromatic carboxylic acids is 1. The topological polar surface area (TPSA) is 58.6 Å². The maximum Gasteiger partial charge on any atom is 0.335 e. The van der Waals surface area contributed by atoms with E-state index in [-0.39, 0.29) is 22.8 Å². The average Bonchev–Trinajstić information content (AvgIpc) is 2.66. The Kier molecular flexibility index (Phi) is 5.87. The number of halogens is 3. The van der Waals surface area contributed by atoms with Gasteiger partial charge in [-0.15, -0.1) is 0 Å². The zero-order chi connectivity index (χ0) is 20.3. The summed E-state index contributed by atoms with van der Waals surface area (Å²) in [5.74, 6) is -1.39. The van der Waals surface area contributed by atoms with Gasteiger partial charge in [-0.25, -0.2) is 9.18 Å². The Hall–Kier alpha value is -3.02. The number of hydrogen-bond acceptors (Lipinski definition) is 3. The number of ether oxygens (including phenoxy) is 1. The number of benzene rings is 3. The minimum Gasteiger partial charge on any atom is -0.478 e. The van der Waals surface area contributed by atoms with Crippen molar-refractivity contribution in [2.45, 2.75) is 0 Å². The van der Waals surface area contributed by atoms with Gasteiger partial charge >= 0.3 is 5.97 Å². The van der Waals surface area contributed by atoms with Crippen molar-refractivity contribution in [2.24, 2.45) is 0 Å². The molecule has 3 aromatic rings. The highest BCUT2D eigenvalue weighted by Crippen LogP contribution is 2.36. The third kappa shape index (κ3) is 4.27. The molecule has 0 aliphatic heterocycles. The van der Waals surface area contributed by atoms with Crippen LogP contribution in [0.25, 0.3) is 5.76 Å². The molecule has 28 heavy (non-hydrogen) atoms. The molecule has 2 N–H and O–H groups in total. The van der Waals surface area contributed by atoms with Crippen molar-refractivity contribution in [1.82, 2.24) is 0 Å². The van der Waals surface area contributed by atoms with Crippen molar-refractivity contribution in [3.63, 3.8) is 0 Å². The SMILES string of the molecule is C=C(Oc1c(Cl)cccc1Cl)c1ccccc1Nc1ccc(C(=O)O)cc1F. The van der Waals surface area contributed by atoms with Gasteiger partial charge < -0.3 is 15.2 Å². The first kappa shape index (κ1) is 19.7. The van der Waals surface area contributed by atoms with Crippen LogP contribution < -0.4 is 10.1 Å². The molecule has 3 aromatic carbocycles. The van der Waals surface area contributed by atoms with E-state index in [0.29, 0.717) is 21.3 Å². The smallest absolute Gasteiger partial charge is 0.335 e. The second-order valence-corrected chi connectivity index (χ2v) is 6.56. The van der Waals surface area contributed by atoms with Gasteiger partial charge in [-0.2, -0.15) is 0 Å².